The van der Waals surface area contributed by atoms with Gasteiger partial charge in [0.2, 0.25) is 5.91 Å². The van der Waals surface area contributed by atoms with Crippen molar-refractivity contribution in [1.29, 1.82) is 5.26 Å². The first kappa shape index (κ1) is 73.2. The monoisotopic (exact) mass is 1180 g/mol. The van der Waals surface area contributed by atoms with Crippen molar-refractivity contribution in [2.75, 3.05) is 26.4 Å². The van der Waals surface area contributed by atoms with Crippen molar-refractivity contribution >= 4 is 20.6 Å². The van der Waals surface area contributed by atoms with Crippen molar-refractivity contribution in [3.8, 4) is 17.6 Å². The molecule has 3 rings (SSSR count). The zero-order valence-corrected chi connectivity index (χ0v) is 53.5. The lowest BCUT2D eigenvalue weighted by atomic mass is 9.88. The van der Waals surface area contributed by atoms with E-state index in [-0.39, 0.29) is 53.6 Å². The van der Waals surface area contributed by atoms with Crippen LogP contribution >= 0.6 is 8.69 Å². The minimum Gasteiger partial charge on any atom is -0.493 e. The molecule has 0 radical (unpaired) electrons. The highest BCUT2D eigenvalue weighted by atomic mass is 31.1. The summed E-state index contributed by atoms with van der Waals surface area (Å²) >= 11 is 0. The third-order valence-electron chi connectivity index (χ3n) is 16.5. The number of nitriles is 1. The molecule has 1 aromatic heterocycles. The number of aromatic nitrogens is 2. The summed E-state index contributed by atoms with van der Waals surface area (Å²) in [5, 5.41) is 21.3. The summed E-state index contributed by atoms with van der Waals surface area (Å²) in [6.45, 7) is 7.49. The number of carbonyl (C=O) groups is 2. The Bertz CT molecular complexity index is 2160. The predicted molar refractivity (Wildman–Crippen MR) is 338 cm³/mol. The number of carboxylic acid groups (broad SMARTS) is 1. The minimum absolute atomic E-state index is 0.0696. The second-order valence-electron chi connectivity index (χ2n) is 23.8. The van der Waals surface area contributed by atoms with Crippen molar-refractivity contribution in [1.82, 2.24) is 14.9 Å². The molecule has 0 unspecified atom stereocenters. The van der Waals surface area contributed by atoms with Gasteiger partial charge in [0.15, 0.2) is 6.10 Å². The number of H-pyrrole nitrogens is 1. The number of carbonyl (C=O) groups excluding carboxylic acids is 1. The third-order valence-corrected chi connectivity index (χ3v) is 17.0. The highest BCUT2D eigenvalue weighted by molar-refractivity contribution is 7.17. The van der Waals surface area contributed by atoms with Crippen LogP contribution in [0.1, 0.15) is 325 Å². The van der Waals surface area contributed by atoms with Crippen LogP contribution in [-0.4, -0.2) is 59.1 Å². The Morgan fingerprint density at radius 2 is 1.11 bits per heavy atom. The highest BCUT2D eigenvalue weighted by Gasteiger charge is 2.44. The molecule has 1 amide bonds. The van der Waals surface area contributed by atoms with E-state index in [9.17, 15) is 24.3 Å². The third kappa shape index (κ3) is 35.2. The molecule has 0 saturated carbocycles. The van der Waals surface area contributed by atoms with Gasteiger partial charge in [-0.3, -0.25) is 23.9 Å². The number of aliphatic carboxylic acids is 1. The standard InChI is InChI=1S/C68H115N4O10P/c1-4-6-8-10-12-14-16-18-20-22-24-26-28-30-32-34-36-38-40-42-50-78-60-46-45-58(54-70-62(73)47-48-64(74)75)66(79-51-43-41-39-37-35-33-31-29-27-25-23-21-19-17-15-13-11-9-7-5-2)65(60)59-53-63(72-55-57(3)67(76)71-68(72)77)82-61(59)56-81-83-80-52-44-49-69/h45-46,55,59,61,63H,4-44,47-48,50-54,56H2,1-3H3,(H2-,70,71,73,74,75,76,77)/p+1/t59-,61-,63-/m1/s1. The van der Waals surface area contributed by atoms with E-state index in [0.29, 0.717) is 42.3 Å². The Morgan fingerprint density at radius 1 is 0.663 bits per heavy atom. The van der Waals surface area contributed by atoms with Crippen molar-refractivity contribution in [3.05, 3.63) is 55.9 Å². The molecule has 3 N–H and O–H groups in total. The van der Waals surface area contributed by atoms with E-state index in [1.54, 1.807) is 6.92 Å². The Morgan fingerprint density at radius 3 is 1.55 bits per heavy atom. The number of nitrogens with one attached hydrogen (secondary N) is 2. The lowest BCUT2D eigenvalue weighted by Crippen LogP contribution is -2.33. The fraction of sp³-hybridized carbons (Fsp3) is 0.809. The molecular formula is C68H116N4O10P+. The molecule has 2 heterocycles. The maximum absolute atomic E-state index is 13.4. The molecule has 0 bridgehead atoms. The molecule has 1 aliphatic rings. The maximum atomic E-state index is 13.4. The van der Waals surface area contributed by atoms with Gasteiger partial charge >= 0.3 is 20.3 Å². The second kappa shape index (κ2) is 50.1. The van der Waals surface area contributed by atoms with Gasteiger partial charge in [-0.05, 0) is 31.9 Å². The van der Waals surface area contributed by atoms with E-state index >= 15 is 0 Å². The summed E-state index contributed by atoms with van der Waals surface area (Å²) in [5.41, 5.74) is 0.770. The zero-order chi connectivity index (χ0) is 59.6. The van der Waals surface area contributed by atoms with Crippen LogP contribution < -0.4 is 26.0 Å². The second-order valence-corrected chi connectivity index (χ2v) is 24.5. The lowest BCUT2D eigenvalue weighted by Gasteiger charge is -2.24. The largest absolute Gasteiger partial charge is 0.591 e. The van der Waals surface area contributed by atoms with E-state index < -0.39 is 35.5 Å². The van der Waals surface area contributed by atoms with E-state index in [0.717, 1.165) is 44.1 Å². The van der Waals surface area contributed by atoms with Crippen LogP contribution in [0.3, 0.4) is 0 Å². The van der Waals surface area contributed by atoms with Gasteiger partial charge in [-0.2, -0.15) is 5.26 Å². The topological polar surface area (TPSA) is 193 Å². The van der Waals surface area contributed by atoms with Crippen molar-refractivity contribution in [2.24, 2.45) is 0 Å². The van der Waals surface area contributed by atoms with Gasteiger partial charge in [0.05, 0.1) is 38.7 Å². The first-order valence-corrected chi connectivity index (χ1v) is 34.6. The van der Waals surface area contributed by atoms with Crippen LogP contribution in [0.2, 0.25) is 0 Å². The van der Waals surface area contributed by atoms with Crippen molar-refractivity contribution < 1.29 is 37.6 Å². The Balaban J connectivity index is 1.65. The van der Waals surface area contributed by atoms with Gasteiger partial charge in [-0.15, -0.1) is 0 Å². The lowest BCUT2D eigenvalue weighted by molar-refractivity contribution is -0.138. The first-order valence-electron chi connectivity index (χ1n) is 33.9. The van der Waals surface area contributed by atoms with E-state index in [2.05, 4.69) is 30.2 Å². The normalized spacial score (nSPS) is 15.1. The molecular weight excluding hydrogens is 1060 g/mol. The number of unbranched alkanes of at least 4 members (excludes halogenated alkanes) is 38. The summed E-state index contributed by atoms with van der Waals surface area (Å²) in [6.07, 6.45) is 52.2. The van der Waals surface area contributed by atoms with Gasteiger partial charge in [0.25, 0.3) is 12.2 Å². The molecule has 14 nitrogen and oxygen atoms in total. The predicted octanol–water partition coefficient (Wildman–Crippen LogP) is 18.5. The van der Waals surface area contributed by atoms with Gasteiger partial charge in [-0.1, -0.05) is 258 Å². The van der Waals surface area contributed by atoms with Gasteiger partial charge < -0.3 is 24.6 Å². The Kier molecular flexibility index (Phi) is 44.2. The number of rotatable bonds is 56. The van der Waals surface area contributed by atoms with Gasteiger partial charge in [0, 0.05) is 48.2 Å². The molecule has 0 aliphatic carbocycles. The fourth-order valence-corrected chi connectivity index (χ4v) is 11.9. The number of benzene rings is 1. The summed E-state index contributed by atoms with van der Waals surface area (Å²) in [6, 6.07) is 5.90. The molecule has 2 aromatic rings. The number of hydrogen-bond acceptors (Lipinski definition) is 9. The molecule has 1 fully saturated rings. The van der Waals surface area contributed by atoms with Crippen LogP contribution in [0.5, 0.6) is 11.5 Å². The first-order chi connectivity index (χ1) is 40.7. The maximum Gasteiger partial charge on any atom is 0.591 e. The molecule has 1 saturated heterocycles. The zero-order valence-electron chi connectivity index (χ0n) is 52.6. The number of carboxylic acids is 1. The number of ether oxygens (including phenoxy) is 3. The van der Waals surface area contributed by atoms with E-state index in [1.165, 1.54) is 229 Å². The molecule has 1 aliphatic heterocycles. The van der Waals surface area contributed by atoms with Gasteiger partial charge in [0.1, 0.15) is 17.7 Å². The number of aromatic amines is 1. The molecule has 0 spiro atoms. The molecule has 3 atom stereocenters. The number of hydrogen-bond donors (Lipinski definition) is 3. The average molecular weight is 1180 g/mol. The van der Waals surface area contributed by atoms with E-state index in [4.69, 9.17) is 28.2 Å². The Hall–Kier alpha value is -4.05. The average Bonchev–Trinajstić information content (AvgIpc) is 3.97. The highest BCUT2D eigenvalue weighted by Crippen LogP contribution is 2.48. The van der Waals surface area contributed by atoms with Crippen LogP contribution in [0.4, 0.5) is 0 Å². The molecule has 1 aromatic carbocycles. The van der Waals surface area contributed by atoms with E-state index in [1.807, 2.05) is 12.1 Å². The van der Waals surface area contributed by atoms with Crippen LogP contribution in [0.25, 0.3) is 0 Å². The quantitative estimate of drug-likeness (QED) is 0.0326. The summed E-state index contributed by atoms with van der Waals surface area (Å²) < 4.78 is 33.3. The van der Waals surface area contributed by atoms with Gasteiger partial charge in [-0.25, -0.2) is 13.5 Å². The number of aryl methyl sites for hydroxylation is 1. The Labute approximate surface area is 504 Å². The number of amides is 1. The molecule has 83 heavy (non-hydrogen) atoms. The van der Waals surface area contributed by atoms with Crippen LogP contribution in [-0.2, 0) is 29.6 Å². The number of nitrogens with zero attached hydrogens (tertiary/aromatic N) is 2. The summed E-state index contributed by atoms with van der Waals surface area (Å²) in [4.78, 5) is 52.6. The van der Waals surface area contributed by atoms with Crippen molar-refractivity contribution in [3.63, 3.8) is 0 Å². The summed E-state index contributed by atoms with van der Waals surface area (Å²) in [5.74, 6) is -0.680. The smallest absolute Gasteiger partial charge is 0.493 e. The van der Waals surface area contributed by atoms with Crippen molar-refractivity contribution in [2.45, 2.75) is 328 Å². The molecule has 15 heteroatoms. The SMILES string of the molecule is CCCCCCCCCCCCCCCCCCCCCCOc1ccc(CNC(=O)CCC(=O)O)c(OCCCCCCCCCCCCCCCCCCCCCC)c1[C@@H]1C[C@H](n2cc(C)c(=O)[nH]c2=O)O[C@@H]1C[O+]=POCCC#N. The summed E-state index contributed by atoms with van der Waals surface area (Å²) in [7, 11) is 0.218. The minimum atomic E-state index is -1.04. The van der Waals surface area contributed by atoms with Crippen LogP contribution in [0.15, 0.2) is 27.9 Å². The van der Waals surface area contributed by atoms with Crippen LogP contribution in [0, 0.1) is 18.3 Å². The molecule has 472 valence electrons. The fourth-order valence-electron chi connectivity index (χ4n) is 11.4.